The summed E-state index contributed by atoms with van der Waals surface area (Å²) in [7, 11) is 0. The van der Waals surface area contributed by atoms with Crippen molar-refractivity contribution in [2.75, 3.05) is 10.6 Å². The lowest BCUT2D eigenvalue weighted by atomic mass is 10.2. The fraction of sp³-hybridized carbons (Fsp3) is 0.100. The van der Waals surface area contributed by atoms with Crippen LogP contribution in [0.15, 0.2) is 69.2 Å². The first-order valence-corrected chi connectivity index (χ1v) is 10.6. The van der Waals surface area contributed by atoms with E-state index in [9.17, 15) is 9.59 Å². The minimum absolute atomic E-state index is 0.0786. The van der Waals surface area contributed by atoms with Crippen LogP contribution in [0.3, 0.4) is 0 Å². The van der Waals surface area contributed by atoms with Gasteiger partial charge in [-0.15, -0.1) is 11.3 Å². The van der Waals surface area contributed by atoms with Crippen molar-refractivity contribution in [1.29, 1.82) is 0 Å². The average Bonchev–Trinajstić information content (AvgIpc) is 3.45. The molecule has 2 amide bonds. The van der Waals surface area contributed by atoms with Crippen LogP contribution in [0.4, 0.5) is 10.9 Å². The first-order valence-electron chi connectivity index (χ1n) is 8.92. The van der Waals surface area contributed by atoms with Gasteiger partial charge in [-0.05, 0) is 29.8 Å². The van der Waals surface area contributed by atoms with Crippen LogP contribution >= 0.6 is 27.3 Å². The molecule has 0 unspecified atom stereocenters. The Balaban J connectivity index is 1.35. The van der Waals surface area contributed by atoms with Gasteiger partial charge in [-0.3, -0.25) is 14.9 Å². The summed E-state index contributed by atoms with van der Waals surface area (Å²) in [5.41, 5.74) is 1.62. The van der Waals surface area contributed by atoms with Gasteiger partial charge in [0, 0.05) is 15.9 Å². The number of carbonyl (C=O) groups excluding carboxylic acids is 2. The second kappa shape index (κ2) is 9.06. The van der Waals surface area contributed by atoms with Crippen molar-refractivity contribution >= 4 is 50.0 Å². The molecule has 3 aromatic heterocycles. The largest absolute Gasteiger partial charge is 0.459 e. The van der Waals surface area contributed by atoms with Gasteiger partial charge in [0.1, 0.15) is 5.82 Å². The van der Waals surface area contributed by atoms with Crippen LogP contribution < -0.4 is 10.6 Å². The van der Waals surface area contributed by atoms with Gasteiger partial charge in [0.25, 0.3) is 5.91 Å². The van der Waals surface area contributed by atoms with Gasteiger partial charge in [0.05, 0.1) is 31.1 Å². The van der Waals surface area contributed by atoms with Gasteiger partial charge in [-0.2, -0.15) is 5.10 Å². The van der Waals surface area contributed by atoms with E-state index in [0.29, 0.717) is 23.2 Å². The molecule has 152 valence electrons. The van der Waals surface area contributed by atoms with E-state index in [-0.39, 0.29) is 24.0 Å². The zero-order valence-electron chi connectivity index (χ0n) is 15.5. The summed E-state index contributed by atoms with van der Waals surface area (Å²) >= 11 is 4.70. The Bertz CT molecular complexity index is 1170. The Morgan fingerprint density at radius 2 is 2.07 bits per heavy atom. The minimum atomic E-state index is -0.387. The molecule has 4 aromatic rings. The van der Waals surface area contributed by atoms with Crippen molar-refractivity contribution in [3.63, 3.8) is 0 Å². The number of aromatic nitrogens is 3. The highest BCUT2D eigenvalue weighted by Gasteiger charge is 2.14. The molecule has 2 N–H and O–H groups in total. The van der Waals surface area contributed by atoms with Crippen molar-refractivity contribution in [1.82, 2.24) is 14.8 Å². The second-order valence-electron chi connectivity index (χ2n) is 6.30. The summed E-state index contributed by atoms with van der Waals surface area (Å²) in [6.45, 7) is 0.529. The molecule has 0 aliphatic heterocycles. The number of thiazole rings is 1. The van der Waals surface area contributed by atoms with E-state index in [0.717, 1.165) is 10.0 Å². The molecule has 0 saturated carbocycles. The maximum Gasteiger partial charge on any atom is 0.293 e. The fourth-order valence-electron chi connectivity index (χ4n) is 2.74. The Morgan fingerprint density at radius 1 is 1.17 bits per heavy atom. The molecule has 0 radical (unpaired) electrons. The third kappa shape index (κ3) is 5.02. The number of nitrogens with one attached hydrogen (secondary N) is 2. The normalized spacial score (nSPS) is 10.7. The fourth-order valence-corrected chi connectivity index (χ4v) is 3.89. The summed E-state index contributed by atoms with van der Waals surface area (Å²) in [5, 5.41) is 11.9. The molecule has 0 aliphatic carbocycles. The molecule has 0 spiro atoms. The molecule has 0 fully saturated rings. The second-order valence-corrected chi connectivity index (χ2v) is 8.08. The van der Waals surface area contributed by atoms with Gasteiger partial charge < -0.3 is 9.73 Å². The summed E-state index contributed by atoms with van der Waals surface area (Å²) < 4.78 is 7.75. The predicted molar refractivity (Wildman–Crippen MR) is 117 cm³/mol. The van der Waals surface area contributed by atoms with Crippen molar-refractivity contribution < 1.29 is 14.0 Å². The first-order chi connectivity index (χ1) is 14.6. The van der Waals surface area contributed by atoms with Gasteiger partial charge in [0.2, 0.25) is 5.91 Å². The smallest absolute Gasteiger partial charge is 0.293 e. The van der Waals surface area contributed by atoms with E-state index in [1.165, 1.54) is 17.6 Å². The molecule has 8 nitrogen and oxygen atoms in total. The van der Waals surface area contributed by atoms with Crippen molar-refractivity contribution in [2.24, 2.45) is 0 Å². The predicted octanol–water partition coefficient (Wildman–Crippen LogP) is 4.18. The Morgan fingerprint density at radius 3 is 2.87 bits per heavy atom. The highest BCUT2D eigenvalue weighted by Crippen LogP contribution is 2.18. The van der Waals surface area contributed by atoms with Gasteiger partial charge in [-0.1, -0.05) is 28.1 Å². The molecule has 0 bridgehead atoms. The maximum absolute atomic E-state index is 12.5. The maximum atomic E-state index is 12.5. The lowest BCUT2D eigenvalue weighted by Gasteiger charge is -2.09. The number of furan rings is 1. The monoisotopic (exact) mass is 485 g/mol. The molecular formula is C20H16BrN5O3S. The van der Waals surface area contributed by atoms with Crippen LogP contribution in [0, 0.1) is 0 Å². The lowest BCUT2D eigenvalue weighted by Crippen LogP contribution is -2.18. The standard InChI is InChI=1S/C20H16BrN5O3S/c21-14-4-1-3-13(9-14)11-26-17(6-7-22-26)24-18(27)10-15-12-30-20(23-15)25-19(28)16-5-2-8-29-16/h1-9,12H,10-11H2,(H,24,27)(H,23,25,28). The lowest BCUT2D eigenvalue weighted by molar-refractivity contribution is -0.115. The third-order valence-corrected chi connectivity index (χ3v) is 5.36. The number of anilines is 2. The highest BCUT2D eigenvalue weighted by atomic mass is 79.9. The van der Waals surface area contributed by atoms with Gasteiger partial charge in [0.15, 0.2) is 10.9 Å². The number of nitrogens with zero attached hydrogens (tertiary/aromatic N) is 3. The topological polar surface area (TPSA) is 102 Å². The number of halogens is 1. The van der Waals surface area contributed by atoms with Crippen LogP contribution in [0.25, 0.3) is 0 Å². The molecular weight excluding hydrogens is 470 g/mol. The van der Waals surface area contributed by atoms with Gasteiger partial charge in [-0.25, -0.2) is 9.67 Å². The number of amides is 2. The summed E-state index contributed by atoms with van der Waals surface area (Å²) in [6, 6.07) is 12.8. The quantitative estimate of drug-likeness (QED) is 0.408. The van der Waals surface area contributed by atoms with E-state index in [2.05, 4.69) is 36.6 Å². The first kappa shape index (κ1) is 20.0. The van der Waals surface area contributed by atoms with Crippen LogP contribution in [0.1, 0.15) is 21.8 Å². The Hall–Kier alpha value is -3.24. The van der Waals surface area contributed by atoms with Crippen molar-refractivity contribution in [2.45, 2.75) is 13.0 Å². The molecule has 0 aliphatic rings. The highest BCUT2D eigenvalue weighted by molar-refractivity contribution is 9.10. The summed E-state index contributed by atoms with van der Waals surface area (Å²) in [5.74, 6) is 0.187. The van der Waals surface area contributed by atoms with Crippen molar-refractivity contribution in [3.05, 3.63) is 81.8 Å². The van der Waals surface area contributed by atoms with Crippen LogP contribution in [-0.2, 0) is 17.8 Å². The van der Waals surface area contributed by atoms with Crippen LogP contribution in [-0.4, -0.2) is 26.6 Å². The zero-order chi connectivity index (χ0) is 20.9. The molecule has 3 heterocycles. The van der Waals surface area contributed by atoms with E-state index in [4.69, 9.17) is 4.42 Å². The number of rotatable bonds is 7. The number of carbonyl (C=O) groups is 2. The van der Waals surface area contributed by atoms with Crippen LogP contribution in [0.2, 0.25) is 0 Å². The number of benzene rings is 1. The Kier molecular flexibility index (Phi) is 6.05. The third-order valence-electron chi connectivity index (χ3n) is 4.06. The molecule has 10 heteroatoms. The average molecular weight is 486 g/mol. The number of hydrogen-bond donors (Lipinski definition) is 2. The summed E-state index contributed by atoms with van der Waals surface area (Å²) in [4.78, 5) is 28.7. The molecule has 4 rings (SSSR count). The minimum Gasteiger partial charge on any atom is -0.459 e. The number of hydrogen-bond acceptors (Lipinski definition) is 6. The van der Waals surface area contributed by atoms with Crippen LogP contribution in [0.5, 0.6) is 0 Å². The summed E-state index contributed by atoms with van der Waals surface area (Å²) in [6.07, 6.45) is 3.14. The molecule has 0 saturated heterocycles. The van der Waals surface area contributed by atoms with E-state index in [1.54, 1.807) is 34.5 Å². The Labute approximate surface area is 184 Å². The molecule has 1 aromatic carbocycles. The SMILES string of the molecule is O=C(Cc1csc(NC(=O)c2ccco2)n1)Nc1ccnn1Cc1cccc(Br)c1. The molecule has 0 atom stereocenters. The van der Waals surface area contributed by atoms with E-state index in [1.807, 2.05) is 24.3 Å². The molecule has 30 heavy (non-hydrogen) atoms. The van der Waals surface area contributed by atoms with E-state index >= 15 is 0 Å². The van der Waals surface area contributed by atoms with Crippen molar-refractivity contribution in [3.8, 4) is 0 Å². The zero-order valence-corrected chi connectivity index (χ0v) is 17.9. The van der Waals surface area contributed by atoms with E-state index < -0.39 is 0 Å². The van der Waals surface area contributed by atoms with Gasteiger partial charge >= 0.3 is 0 Å².